The third kappa shape index (κ3) is 3.88. The summed E-state index contributed by atoms with van der Waals surface area (Å²) in [5.41, 5.74) is 1.93. The van der Waals surface area contributed by atoms with Gasteiger partial charge < -0.3 is 19.2 Å². The molecular formula is C27H28BrNO5. The molecule has 0 aliphatic heterocycles. The normalized spacial score (nSPS) is 29.5. The number of amides is 1. The Morgan fingerprint density at radius 3 is 2.59 bits per heavy atom. The van der Waals surface area contributed by atoms with E-state index in [9.17, 15) is 9.59 Å². The fourth-order valence-electron chi connectivity index (χ4n) is 7.25. The molecule has 4 bridgehead atoms. The van der Waals surface area contributed by atoms with Gasteiger partial charge >= 0.3 is 5.97 Å². The van der Waals surface area contributed by atoms with Gasteiger partial charge in [0.15, 0.2) is 6.61 Å². The summed E-state index contributed by atoms with van der Waals surface area (Å²) >= 11 is 3.99. The van der Waals surface area contributed by atoms with E-state index in [2.05, 4.69) is 21.2 Å². The van der Waals surface area contributed by atoms with E-state index in [1.807, 2.05) is 30.3 Å². The van der Waals surface area contributed by atoms with E-state index >= 15 is 0 Å². The molecule has 7 heteroatoms. The number of halogens is 1. The first-order valence-corrected chi connectivity index (χ1v) is 12.8. The minimum absolute atomic E-state index is 0.0245. The molecule has 4 fully saturated rings. The van der Waals surface area contributed by atoms with E-state index < -0.39 is 5.91 Å². The summed E-state index contributed by atoms with van der Waals surface area (Å²) in [6, 6.07) is 11.4. The SMILES string of the molecule is COc1cc2c(cc1NC(=O)COC(=O)CC13C[C@@H]4C[C@@H](CC(Br)(C4)C1)C3)oc1ccccc12. The lowest BCUT2D eigenvalue weighted by atomic mass is 9.49. The quantitative estimate of drug-likeness (QED) is 0.306. The van der Waals surface area contributed by atoms with Crippen molar-refractivity contribution in [2.24, 2.45) is 17.3 Å². The Bertz CT molecular complexity index is 1280. The lowest BCUT2D eigenvalue weighted by molar-refractivity contribution is -0.153. The zero-order valence-corrected chi connectivity index (χ0v) is 20.8. The lowest BCUT2D eigenvalue weighted by Crippen LogP contribution is -2.53. The number of alkyl halides is 1. The number of ether oxygens (including phenoxy) is 2. The number of carbonyl (C=O) groups excluding carboxylic acids is 2. The Hall–Kier alpha value is -2.54. The van der Waals surface area contributed by atoms with Crippen molar-refractivity contribution in [1.82, 2.24) is 0 Å². The fourth-order valence-corrected chi connectivity index (χ4v) is 8.76. The van der Waals surface area contributed by atoms with Gasteiger partial charge in [-0.3, -0.25) is 9.59 Å². The van der Waals surface area contributed by atoms with Crippen LogP contribution in [0.3, 0.4) is 0 Å². The van der Waals surface area contributed by atoms with Crippen molar-refractivity contribution in [1.29, 1.82) is 0 Å². The summed E-state index contributed by atoms with van der Waals surface area (Å²) in [5, 5.41) is 4.71. The fraction of sp³-hybridized carbons (Fsp3) is 0.481. The van der Waals surface area contributed by atoms with E-state index in [0.717, 1.165) is 35.6 Å². The molecule has 4 aliphatic rings. The smallest absolute Gasteiger partial charge is 0.306 e. The number of nitrogens with one attached hydrogen (secondary N) is 1. The first kappa shape index (κ1) is 22.0. The summed E-state index contributed by atoms with van der Waals surface area (Å²) in [5.74, 6) is 1.25. The second kappa shape index (κ2) is 8.01. The van der Waals surface area contributed by atoms with Gasteiger partial charge in [-0.25, -0.2) is 0 Å². The van der Waals surface area contributed by atoms with Crippen LogP contribution in [0.25, 0.3) is 21.9 Å². The van der Waals surface area contributed by atoms with Crippen LogP contribution in [0, 0.1) is 17.3 Å². The number of anilines is 1. The summed E-state index contributed by atoms with van der Waals surface area (Å²) in [7, 11) is 1.56. The molecule has 1 N–H and O–H groups in total. The first-order chi connectivity index (χ1) is 16.3. The zero-order valence-electron chi connectivity index (χ0n) is 19.2. The van der Waals surface area contributed by atoms with Crippen molar-refractivity contribution in [3.8, 4) is 5.75 Å². The molecule has 0 spiro atoms. The maximum absolute atomic E-state index is 12.7. The molecule has 6 nitrogen and oxygen atoms in total. The highest BCUT2D eigenvalue weighted by atomic mass is 79.9. The topological polar surface area (TPSA) is 77.8 Å². The molecule has 1 aromatic heterocycles. The van der Waals surface area contributed by atoms with Gasteiger partial charge in [0.25, 0.3) is 5.91 Å². The van der Waals surface area contributed by atoms with E-state index in [4.69, 9.17) is 13.9 Å². The Labute approximate surface area is 206 Å². The average Bonchev–Trinajstić information content (AvgIpc) is 3.12. The van der Waals surface area contributed by atoms with Crippen LogP contribution in [-0.4, -0.2) is 29.9 Å². The van der Waals surface area contributed by atoms with Crippen molar-refractivity contribution in [3.63, 3.8) is 0 Å². The molecule has 2 aromatic carbocycles. The number of fused-ring (bicyclic) bond motifs is 3. The standard InChI is InChI=1S/C27H28BrNO5/c1-32-23-7-19-18-4-2-3-5-21(18)34-22(19)8-20(23)29-24(30)14-33-25(31)13-26-9-16-6-17(10-26)12-27(28,11-16)15-26/h2-5,7-8,16-17H,6,9-15H2,1H3,(H,29,30)/t16-,17+,26?,27?. The van der Waals surface area contributed by atoms with Crippen molar-refractivity contribution in [3.05, 3.63) is 36.4 Å². The Morgan fingerprint density at radius 1 is 1.09 bits per heavy atom. The number of esters is 1. The van der Waals surface area contributed by atoms with Crippen molar-refractivity contribution >= 4 is 55.4 Å². The van der Waals surface area contributed by atoms with Crippen LogP contribution in [0.15, 0.2) is 40.8 Å². The van der Waals surface area contributed by atoms with Crippen molar-refractivity contribution < 1.29 is 23.5 Å². The Balaban J connectivity index is 1.11. The Morgan fingerprint density at radius 2 is 1.85 bits per heavy atom. The van der Waals surface area contributed by atoms with Crippen LogP contribution < -0.4 is 10.1 Å². The lowest BCUT2D eigenvalue weighted by Gasteiger charge is -2.60. The molecule has 0 radical (unpaired) electrons. The monoisotopic (exact) mass is 525 g/mol. The number of hydrogen-bond donors (Lipinski definition) is 1. The summed E-state index contributed by atoms with van der Waals surface area (Å²) in [6.45, 7) is -0.317. The number of benzene rings is 2. The van der Waals surface area contributed by atoms with Gasteiger partial charge in [-0.05, 0) is 67.9 Å². The van der Waals surface area contributed by atoms with Crippen molar-refractivity contribution in [2.45, 2.75) is 49.3 Å². The molecule has 178 valence electrons. The number of carbonyl (C=O) groups is 2. The molecule has 3 aromatic rings. The number of furan rings is 1. The van der Waals surface area contributed by atoms with Crippen LogP contribution in [0.5, 0.6) is 5.75 Å². The maximum atomic E-state index is 12.7. The van der Waals surface area contributed by atoms with Crippen LogP contribution in [0.1, 0.15) is 44.9 Å². The highest BCUT2D eigenvalue weighted by Crippen LogP contribution is 2.65. The molecule has 1 heterocycles. The number of hydrogen-bond acceptors (Lipinski definition) is 5. The maximum Gasteiger partial charge on any atom is 0.306 e. The molecular weight excluding hydrogens is 498 g/mol. The van der Waals surface area contributed by atoms with Crippen LogP contribution in [0.2, 0.25) is 0 Å². The predicted molar refractivity (Wildman–Crippen MR) is 133 cm³/mol. The summed E-state index contributed by atoms with van der Waals surface area (Å²) in [6.07, 6.45) is 7.38. The van der Waals surface area contributed by atoms with Crippen LogP contribution in [0.4, 0.5) is 5.69 Å². The summed E-state index contributed by atoms with van der Waals surface area (Å²) in [4.78, 5) is 25.4. The van der Waals surface area contributed by atoms with E-state index in [1.54, 1.807) is 13.2 Å². The van der Waals surface area contributed by atoms with E-state index in [1.165, 1.54) is 19.3 Å². The zero-order chi connectivity index (χ0) is 23.5. The van der Waals surface area contributed by atoms with Gasteiger partial charge in [-0.15, -0.1) is 0 Å². The summed E-state index contributed by atoms with van der Waals surface area (Å²) < 4.78 is 17.0. The third-order valence-electron chi connectivity index (χ3n) is 7.97. The van der Waals surface area contributed by atoms with Crippen LogP contribution in [-0.2, 0) is 14.3 Å². The number of para-hydroxylation sites is 1. The second-order valence-electron chi connectivity index (χ2n) is 10.6. The minimum atomic E-state index is -0.399. The molecule has 34 heavy (non-hydrogen) atoms. The highest BCUT2D eigenvalue weighted by Gasteiger charge is 2.57. The minimum Gasteiger partial charge on any atom is -0.495 e. The van der Waals surface area contributed by atoms with Gasteiger partial charge in [0.1, 0.15) is 16.9 Å². The molecule has 0 saturated heterocycles. The third-order valence-corrected chi connectivity index (χ3v) is 8.90. The van der Waals surface area contributed by atoms with Gasteiger partial charge in [0.05, 0.1) is 19.2 Å². The highest BCUT2D eigenvalue weighted by molar-refractivity contribution is 9.10. The van der Waals surface area contributed by atoms with Gasteiger partial charge in [-0.2, -0.15) is 0 Å². The van der Waals surface area contributed by atoms with Crippen molar-refractivity contribution in [2.75, 3.05) is 19.0 Å². The Kier molecular flexibility index (Phi) is 5.17. The first-order valence-electron chi connectivity index (χ1n) is 12.0. The van der Waals surface area contributed by atoms with Gasteiger partial charge in [0, 0.05) is 21.2 Å². The van der Waals surface area contributed by atoms with E-state index in [0.29, 0.717) is 35.3 Å². The van der Waals surface area contributed by atoms with Crippen LogP contribution >= 0.6 is 15.9 Å². The molecule has 2 unspecified atom stereocenters. The molecule has 7 rings (SSSR count). The number of rotatable bonds is 6. The second-order valence-corrected chi connectivity index (χ2v) is 12.3. The average molecular weight is 526 g/mol. The predicted octanol–water partition coefficient (Wildman–Crippen LogP) is 6.20. The molecule has 4 aliphatic carbocycles. The van der Waals surface area contributed by atoms with Gasteiger partial charge in [0.2, 0.25) is 0 Å². The van der Waals surface area contributed by atoms with Gasteiger partial charge in [-0.1, -0.05) is 34.1 Å². The number of methoxy groups -OCH3 is 1. The molecule has 1 amide bonds. The largest absolute Gasteiger partial charge is 0.495 e. The molecule has 4 atom stereocenters. The van der Waals surface area contributed by atoms with E-state index in [-0.39, 0.29) is 22.3 Å². The molecule has 4 saturated carbocycles.